The van der Waals surface area contributed by atoms with E-state index in [1.165, 1.54) is 12.8 Å². The van der Waals surface area contributed by atoms with E-state index in [1.54, 1.807) is 0 Å². The second-order valence-corrected chi connectivity index (χ2v) is 6.67. The first-order valence-corrected chi connectivity index (χ1v) is 7.42. The van der Waals surface area contributed by atoms with Crippen LogP contribution in [0.1, 0.15) is 53.4 Å². The van der Waals surface area contributed by atoms with Crippen LogP contribution >= 0.6 is 0 Å². The summed E-state index contributed by atoms with van der Waals surface area (Å²) in [6.07, 6.45) is 4.16. The number of rotatable bonds is 5. The van der Waals surface area contributed by atoms with Crippen molar-refractivity contribution in [2.75, 3.05) is 32.7 Å². The highest BCUT2D eigenvalue weighted by Crippen LogP contribution is 2.16. The number of amides is 1. The summed E-state index contributed by atoms with van der Waals surface area (Å²) in [4.78, 5) is 16.5. The van der Waals surface area contributed by atoms with E-state index in [9.17, 15) is 4.79 Å². The van der Waals surface area contributed by atoms with E-state index < -0.39 is 0 Å². The van der Waals surface area contributed by atoms with Gasteiger partial charge in [0.2, 0.25) is 5.91 Å². The van der Waals surface area contributed by atoms with E-state index in [1.807, 2.05) is 0 Å². The molecule has 1 saturated heterocycles. The van der Waals surface area contributed by atoms with Gasteiger partial charge >= 0.3 is 0 Å². The molecule has 18 heavy (non-hydrogen) atoms. The Morgan fingerprint density at radius 2 is 1.67 bits per heavy atom. The molecule has 0 spiro atoms. The highest BCUT2D eigenvalue weighted by atomic mass is 16.2. The molecule has 1 heterocycles. The first-order chi connectivity index (χ1) is 8.42. The number of carbonyl (C=O) groups is 1. The zero-order valence-corrected chi connectivity index (χ0v) is 12.7. The van der Waals surface area contributed by atoms with Crippen molar-refractivity contribution in [3.63, 3.8) is 0 Å². The molecule has 0 saturated carbocycles. The smallest absolute Gasteiger partial charge is 0.222 e. The predicted molar refractivity (Wildman–Crippen MR) is 76.6 cm³/mol. The summed E-state index contributed by atoms with van der Waals surface area (Å²) in [6.45, 7) is 14.0. The maximum Gasteiger partial charge on any atom is 0.222 e. The molecule has 0 aromatic heterocycles. The van der Waals surface area contributed by atoms with Gasteiger partial charge in [0.1, 0.15) is 0 Å². The van der Waals surface area contributed by atoms with E-state index in [0.29, 0.717) is 11.3 Å². The monoisotopic (exact) mass is 254 g/mol. The van der Waals surface area contributed by atoms with Gasteiger partial charge in [-0.2, -0.15) is 0 Å². The third-order valence-electron chi connectivity index (χ3n) is 3.42. The Hall–Kier alpha value is -0.570. The van der Waals surface area contributed by atoms with Crippen LogP contribution in [-0.2, 0) is 4.79 Å². The van der Waals surface area contributed by atoms with Crippen molar-refractivity contribution < 1.29 is 4.79 Å². The molecule has 0 unspecified atom stereocenters. The average Bonchev–Trinajstić information content (AvgIpc) is 2.28. The van der Waals surface area contributed by atoms with E-state index in [4.69, 9.17) is 0 Å². The normalized spacial score (nSPS) is 18.1. The van der Waals surface area contributed by atoms with Gasteiger partial charge in [-0.1, -0.05) is 40.5 Å². The Kier molecular flexibility index (Phi) is 6.13. The molecule has 0 atom stereocenters. The summed E-state index contributed by atoms with van der Waals surface area (Å²) in [5.41, 5.74) is 0.354. The molecule has 3 heteroatoms. The molecule has 0 aromatic rings. The van der Waals surface area contributed by atoms with Gasteiger partial charge in [-0.05, 0) is 11.8 Å². The van der Waals surface area contributed by atoms with Crippen molar-refractivity contribution in [1.29, 1.82) is 0 Å². The molecule has 3 nitrogen and oxygen atoms in total. The lowest BCUT2D eigenvalue weighted by atomic mass is 9.96. The van der Waals surface area contributed by atoms with E-state index in [0.717, 1.165) is 45.6 Å². The van der Waals surface area contributed by atoms with E-state index >= 15 is 0 Å². The molecule has 1 amide bonds. The second kappa shape index (κ2) is 7.13. The predicted octanol–water partition coefficient (Wildman–Crippen LogP) is 2.76. The van der Waals surface area contributed by atoms with Crippen LogP contribution in [0, 0.1) is 5.41 Å². The van der Waals surface area contributed by atoms with Gasteiger partial charge < -0.3 is 4.90 Å². The van der Waals surface area contributed by atoms with Crippen LogP contribution in [0.15, 0.2) is 0 Å². The molecular formula is C15H30N2O. The molecule has 0 radical (unpaired) electrons. The van der Waals surface area contributed by atoms with Gasteiger partial charge in [-0.15, -0.1) is 0 Å². The standard InChI is InChI=1S/C15H30N2O/c1-5-6-7-8-14(18)17-11-9-16(10-12-17)13-15(2,3)4/h5-13H2,1-4H3. The van der Waals surface area contributed by atoms with Gasteiger partial charge in [0.15, 0.2) is 0 Å². The molecule has 1 aliphatic heterocycles. The van der Waals surface area contributed by atoms with Crippen LogP contribution < -0.4 is 0 Å². The third kappa shape index (κ3) is 5.85. The Labute approximate surface area is 113 Å². The van der Waals surface area contributed by atoms with E-state index in [2.05, 4.69) is 37.5 Å². The zero-order chi connectivity index (χ0) is 13.6. The summed E-state index contributed by atoms with van der Waals surface area (Å²) in [5, 5.41) is 0. The largest absolute Gasteiger partial charge is 0.340 e. The number of carbonyl (C=O) groups excluding carboxylic acids is 1. The Morgan fingerprint density at radius 1 is 1.06 bits per heavy atom. The number of hydrogen-bond donors (Lipinski definition) is 0. The summed E-state index contributed by atoms with van der Waals surface area (Å²) in [6, 6.07) is 0. The van der Waals surface area contributed by atoms with Crippen LogP contribution in [0.5, 0.6) is 0 Å². The van der Waals surface area contributed by atoms with Gasteiger partial charge in [0, 0.05) is 39.1 Å². The minimum Gasteiger partial charge on any atom is -0.340 e. The summed E-state index contributed by atoms with van der Waals surface area (Å²) >= 11 is 0. The maximum absolute atomic E-state index is 12.0. The SMILES string of the molecule is CCCCCC(=O)N1CCN(CC(C)(C)C)CC1. The number of unbranched alkanes of at least 4 members (excludes halogenated alkanes) is 2. The van der Waals surface area contributed by atoms with Crippen molar-refractivity contribution in [3.8, 4) is 0 Å². The van der Waals surface area contributed by atoms with Crippen molar-refractivity contribution >= 4 is 5.91 Å². The van der Waals surface area contributed by atoms with Crippen molar-refractivity contribution in [2.24, 2.45) is 5.41 Å². The molecule has 0 N–H and O–H groups in total. The minimum atomic E-state index is 0.354. The van der Waals surface area contributed by atoms with Crippen LogP contribution in [0.2, 0.25) is 0 Å². The first-order valence-electron chi connectivity index (χ1n) is 7.42. The van der Waals surface area contributed by atoms with Gasteiger partial charge in [-0.3, -0.25) is 9.69 Å². The molecule has 0 bridgehead atoms. The quantitative estimate of drug-likeness (QED) is 0.704. The minimum absolute atomic E-state index is 0.354. The highest BCUT2D eigenvalue weighted by Gasteiger charge is 2.23. The maximum atomic E-state index is 12.0. The first kappa shape index (κ1) is 15.5. The Bertz CT molecular complexity index is 250. The van der Waals surface area contributed by atoms with Gasteiger partial charge in [0.25, 0.3) is 0 Å². The number of nitrogens with zero attached hydrogens (tertiary/aromatic N) is 2. The Balaban J connectivity index is 2.24. The molecule has 0 aliphatic carbocycles. The van der Waals surface area contributed by atoms with Gasteiger partial charge in [-0.25, -0.2) is 0 Å². The fourth-order valence-corrected chi connectivity index (χ4v) is 2.51. The van der Waals surface area contributed by atoms with Crippen LogP contribution in [0.3, 0.4) is 0 Å². The lowest BCUT2D eigenvalue weighted by molar-refractivity contribution is -0.133. The third-order valence-corrected chi connectivity index (χ3v) is 3.42. The summed E-state index contributed by atoms with van der Waals surface area (Å²) < 4.78 is 0. The van der Waals surface area contributed by atoms with Crippen molar-refractivity contribution in [3.05, 3.63) is 0 Å². The highest BCUT2D eigenvalue weighted by molar-refractivity contribution is 5.76. The van der Waals surface area contributed by atoms with Gasteiger partial charge in [0.05, 0.1) is 0 Å². The molecule has 0 aromatic carbocycles. The van der Waals surface area contributed by atoms with Crippen molar-refractivity contribution in [2.45, 2.75) is 53.4 Å². The fraction of sp³-hybridized carbons (Fsp3) is 0.933. The van der Waals surface area contributed by atoms with Crippen LogP contribution in [-0.4, -0.2) is 48.4 Å². The van der Waals surface area contributed by atoms with Crippen LogP contribution in [0.4, 0.5) is 0 Å². The lowest BCUT2D eigenvalue weighted by Gasteiger charge is -2.37. The number of hydrogen-bond acceptors (Lipinski definition) is 2. The molecule has 106 valence electrons. The molecular weight excluding hydrogens is 224 g/mol. The topological polar surface area (TPSA) is 23.6 Å². The lowest BCUT2D eigenvalue weighted by Crippen LogP contribution is -2.50. The van der Waals surface area contributed by atoms with E-state index in [-0.39, 0.29) is 0 Å². The van der Waals surface area contributed by atoms with Crippen LogP contribution in [0.25, 0.3) is 0 Å². The zero-order valence-electron chi connectivity index (χ0n) is 12.7. The molecule has 1 rings (SSSR count). The Morgan fingerprint density at radius 3 is 2.17 bits per heavy atom. The number of piperazine rings is 1. The molecule has 1 aliphatic rings. The average molecular weight is 254 g/mol. The second-order valence-electron chi connectivity index (χ2n) is 6.67. The summed E-state index contributed by atoms with van der Waals surface area (Å²) in [5.74, 6) is 0.360. The van der Waals surface area contributed by atoms with Crippen molar-refractivity contribution in [1.82, 2.24) is 9.80 Å². The summed E-state index contributed by atoms with van der Waals surface area (Å²) in [7, 11) is 0. The fourth-order valence-electron chi connectivity index (χ4n) is 2.51. The molecule has 1 fully saturated rings.